The molecule has 10 nitrogen and oxygen atoms in total. The first-order chi connectivity index (χ1) is 15.1. The molecule has 0 spiro atoms. The van der Waals surface area contributed by atoms with Crippen LogP contribution in [-0.2, 0) is 19.0 Å². The monoisotopic (exact) mass is 469 g/mol. The molecule has 0 amide bonds. The van der Waals surface area contributed by atoms with Gasteiger partial charge in [0.25, 0.3) is 0 Å². The Balaban J connectivity index is 1.95. The third-order valence-electron chi connectivity index (χ3n) is 5.72. The molecule has 12 heteroatoms. The second-order valence-corrected chi connectivity index (χ2v) is 9.64. The summed E-state index contributed by atoms with van der Waals surface area (Å²) in [7, 11) is -1.24. The van der Waals surface area contributed by atoms with Crippen LogP contribution in [0.15, 0.2) is 17.1 Å². The quantitative estimate of drug-likeness (QED) is 0.610. The van der Waals surface area contributed by atoms with Gasteiger partial charge in [0.15, 0.2) is 11.6 Å². The molecule has 2 heterocycles. The van der Waals surface area contributed by atoms with E-state index < -0.39 is 32.9 Å². The van der Waals surface area contributed by atoms with Gasteiger partial charge >= 0.3 is 16.1 Å². The Bertz CT molecular complexity index is 1260. The lowest BCUT2D eigenvalue weighted by Gasteiger charge is -2.24. The number of pyridine rings is 1. The number of fused-ring (bicyclic) bond motifs is 1. The van der Waals surface area contributed by atoms with Crippen LogP contribution in [0.1, 0.15) is 29.2 Å². The molecule has 2 atom stereocenters. The highest BCUT2D eigenvalue weighted by Gasteiger charge is 2.36. The van der Waals surface area contributed by atoms with Crippen LogP contribution in [0.5, 0.6) is 5.75 Å². The molecule has 2 aromatic rings. The molecule has 2 aliphatic rings. The summed E-state index contributed by atoms with van der Waals surface area (Å²) in [6.07, 6.45) is 3.21. The fourth-order valence-electron chi connectivity index (χ4n) is 4.13. The number of aromatic nitrogens is 1. The topological polar surface area (TPSA) is 130 Å². The Morgan fingerprint density at radius 3 is 2.47 bits per heavy atom. The number of benzene rings is 1. The van der Waals surface area contributed by atoms with Gasteiger partial charge in [-0.25, -0.2) is 9.18 Å². The summed E-state index contributed by atoms with van der Waals surface area (Å²) in [5.41, 5.74) is 5.23. The first-order valence-electron chi connectivity index (χ1n) is 9.98. The summed E-state index contributed by atoms with van der Waals surface area (Å²) < 4.78 is 55.1. The number of hydrogen-bond acceptors (Lipinski definition) is 9. The summed E-state index contributed by atoms with van der Waals surface area (Å²) in [6.45, 7) is 0.659. The Morgan fingerprint density at radius 2 is 1.94 bits per heavy atom. The molecule has 0 bridgehead atoms. The van der Waals surface area contributed by atoms with Crippen molar-refractivity contribution in [2.24, 2.45) is 5.73 Å². The van der Waals surface area contributed by atoms with E-state index in [-0.39, 0.29) is 35.0 Å². The number of rotatable bonds is 6. The second-order valence-electron chi connectivity index (χ2n) is 8.06. The third kappa shape index (κ3) is 3.93. The van der Waals surface area contributed by atoms with Crippen molar-refractivity contribution in [2.75, 3.05) is 38.5 Å². The zero-order valence-corrected chi connectivity index (χ0v) is 18.6. The number of anilines is 1. The molecule has 1 aromatic heterocycles. The number of carbonyl (C=O) groups is 1. The van der Waals surface area contributed by atoms with Crippen molar-refractivity contribution >= 4 is 32.7 Å². The van der Waals surface area contributed by atoms with Crippen LogP contribution in [0.25, 0.3) is 10.9 Å². The van der Waals surface area contributed by atoms with Gasteiger partial charge in [-0.15, -0.1) is 0 Å². The number of nitrogens with two attached hydrogens (primary N) is 1. The predicted octanol–water partition coefficient (Wildman–Crippen LogP) is 0.763. The first kappa shape index (κ1) is 22.5. The SMILES string of the molecule is COc1c(N2CC(N)C(OC)C2)c(F)cc2c(=O)c(C(=O)OS(C)(=O)=O)cn(C3CC3)c12. The van der Waals surface area contributed by atoms with Crippen LogP contribution in [0.2, 0.25) is 0 Å². The molecule has 2 fully saturated rings. The summed E-state index contributed by atoms with van der Waals surface area (Å²) in [4.78, 5) is 27.1. The van der Waals surface area contributed by atoms with Gasteiger partial charge in [-0.2, -0.15) is 8.42 Å². The van der Waals surface area contributed by atoms with Gasteiger partial charge in [0, 0.05) is 32.4 Å². The van der Waals surface area contributed by atoms with Crippen LogP contribution in [0.4, 0.5) is 10.1 Å². The number of halogens is 1. The average Bonchev–Trinajstić information content (AvgIpc) is 3.48. The Labute approximate surface area is 183 Å². The molecule has 4 rings (SSSR count). The van der Waals surface area contributed by atoms with Crippen LogP contribution >= 0.6 is 0 Å². The van der Waals surface area contributed by atoms with Gasteiger partial charge in [0.2, 0.25) is 5.43 Å². The minimum Gasteiger partial charge on any atom is -0.492 e. The predicted molar refractivity (Wildman–Crippen MR) is 114 cm³/mol. The van der Waals surface area contributed by atoms with E-state index >= 15 is 4.39 Å². The standard InChI is InChI=1S/C20H24FN3O7S/c1-29-15-9-23(8-14(15)22)17-13(21)6-11-16(19(17)30-2)24(10-4-5-10)7-12(18(11)25)20(26)31-32(3,27)28/h6-7,10,14-15H,4-5,8-9,22H2,1-3H3. The van der Waals surface area contributed by atoms with E-state index in [0.29, 0.717) is 24.9 Å². The lowest BCUT2D eigenvalue weighted by molar-refractivity contribution is 0.0746. The third-order valence-corrected chi connectivity index (χ3v) is 6.17. The molecule has 174 valence electrons. The second kappa shape index (κ2) is 8.01. The molecule has 2 N–H and O–H groups in total. The smallest absolute Gasteiger partial charge is 0.359 e. The number of carbonyl (C=O) groups excluding carboxylic acids is 1. The number of ether oxygens (including phenoxy) is 2. The van der Waals surface area contributed by atoms with Crippen LogP contribution < -0.4 is 20.8 Å². The highest BCUT2D eigenvalue weighted by atomic mass is 32.2. The normalized spacial score (nSPS) is 21.2. The molecule has 1 aliphatic carbocycles. The van der Waals surface area contributed by atoms with Crippen LogP contribution in [0, 0.1) is 5.82 Å². The van der Waals surface area contributed by atoms with Crippen molar-refractivity contribution in [3.8, 4) is 5.75 Å². The van der Waals surface area contributed by atoms with Crippen molar-refractivity contribution in [3.63, 3.8) is 0 Å². The summed E-state index contributed by atoms with van der Waals surface area (Å²) in [5.74, 6) is -1.91. The molecular formula is C20H24FN3O7S. The van der Waals surface area contributed by atoms with Gasteiger partial charge in [-0.3, -0.25) is 4.79 Å². The van der Waals surface area contributed by atoms with Gasteiger partial charge < -0.3 is 28.9 Å². The van der Waals surface area contributed by atoms with E-state index in [1.165, 1.54) is 20.4 Å². The minimum absolute atomic E-state index is 0.0531. The van der Waals surface area contributed by atoms with Crippen molar-refractivity contribution in [1.82, 2.24) is 4.57 Å². The van der Waals surface area contributed by atoms with E-state index in [0.717, 1.165) is 18.9 Å². The summed E-state index contributed by atoms with van der Waals surface area (Å²) in [6, 6.07) is 0.651. The Kier molecular flexibility index (Phi) is 5.63. The van der Waals surface area contributed by atoms with E-state index in [2.05, 4.69) is 4.18 Å². The maximum absolute atomic E-state index is 15.3. The Morgan fingerprint density at radius 1 is 1.25 bits per heavy atom. The maximum Gasteiger partial charge on any atom is 0.359 e. The zero-order chi connectivity index (χ0) is 23.4. The van der Waals surface area contributed by atoms with Gasteiger partial charge in [-0.1, -0.05) is 0 Å². The molecular weight excluding hydrogens is 445 g/mol. The number of methoxy groups -OCH3 is 2. The van der Waals surface area contributed by atoms with Crippen molar-refractivity contribution in [3.05, 3.63) is 33.9 Å². The first-order valence-corrected chi connectivity index (χ1v) is 11.8. The highest BCUT2D eigenvalue weighted by molar-refractivity contribution is 7.86. The molecule has 2 unspecified atom stereocenters. The van der Waals surface area contributed by atoms with E-state index in [1.54, 1.807) is 9.47 Å². The van der Waals surface area contributed by atoms with Gasteiger partial charge in [0.1, 0.15) is 11.3 Å². The number of hydrogen-bond donors (Lipinski definition) is 1. The van der Waals surface area contributed by atoms with Crippen molar-refractivity contribution < 1.29 is 31.3 Å². The number of nitrogens with zero attached hydrogens (tertiary/aromatic N) is 2. The van der Waals surface area contributed by atoms with Crippen molar-refractivity contribution in [1.29, 1.82) is 0 Å². The van der Waals surface area contributed by atoms with Gasteiger partial charge in [-0.05, 0) is 18.9 Å². The van der Waals surface area contributed by atoms with E-state index in [9.17, 15) is 18.0 Å². The lowest BCUT2D eigenvalue weighted by Crippen LogP contribution is -2.34. The molecule has 1 aromatic carbocycles. The fourth-order valence-corrected chi connectivity index (χ4v) is 4.50. The fraction of sp³-hybridized carbons (Fsp3) is 0.500. The van der Waals surface area contributed by atoms with E-state index in [4.69, 9.17) is 15.2 Å². The molecule has 1 aliphatic heterocycles. The van der Waals surface area contributed by atoms with Gasteiger partial charge in [0.05, 0.1) is 36.4 Å². The minimum atomic E-state index is -4.14. The largest absolute Gasteiger partial charge is 0.492 e. The summed E-state index contributed by atoms with van der Waals surface area (Å²) in [5, 5.41) is -0.107. The van der Waals surface area contributed by atoms with Crippen molar-refractivity contribution in [2.45, 2.75) is 31.0 Å². The lowest BCUT2D eigenvalue weighted by atomic mass is 10.1. The van der Waals surface area contributed by atoms with Crippen LogP contribution in [0.3, 0.4) is 0 Å². The maximum atomic E-state index is 15.3. The van der Waals surface area contributed by atoms with Crippen LogP contribution in [-0.4, -0.2) is 64.7 Å². The summed E-state index contributed by atoms with van der Waals surface area (Å²) >= 11 is 0. The molecule has 1 saturated heterocycles. The average molecular weight is 469 g/mol. The molecule has 32 heavy (non-hydrogen) atoms. The zero-order valence-electron chi connectivity index (χ0n) is 17.8. The Hall–Kier alpha value is -2.70. The molecule has 1 saturated carbocycles. The molecule has 0 radical (unpaired) electrons. The highest BCUT2D eigenvalue weighted by Crippen LogP contribution is 2.44. The van der Waals surface area contributed by atoms with E-state index in [1.807, 2.05) is 0 Å².